The highest BCUT2D eigenvalue weighted by Gasteiger charge is 2.18. The molecular weight excluding hydrogens is 334 g/mol. The predicted octanol–water partition coefficient (Wildman–Crippen LogP) is 4.39. The van der Waals surface area contributed by atoms with Gasteiger partial charge in [-0.05, 0) is 41.7 Å². The molecule has 0 spiro atoms. The first kappa shape index (κ1) is 19.2. The fourth-order valence-corrected chi connectivity index (χ4v) is 3.31. The maximum Gasteiger partial charge on any atom is 0.263 e. The lowest BCUT2D eigenvalue weighted by Gasteiger charge is -2.19. The van der Waals surface area contributed by atoms with Crippen molar-refractivity contribution in [2.75, 3.05) is 16.6 Å². The largest absolute Gasteiger partial charge is 0.384 e. The molecule has 6 heteroatoms. The quantitative estimate of drug-likeness (QED) is 0.718. The van der Waals surface area contributed by atoms with Crippen LogP contribution in [0.2, 0.25) is 0 Å². The van der Waals surface area contributed by atoms with Crippen LogP contribution in [0.1, 0.15) is 46.1 Å². The maximum atomic E-state index is 12.5. The second-order valence-corrected chi connectivity index (χ2v) is 8.77. The van der Waals surface area contributed by atoms with Gasteiger partial charge in [0, 0.05) is 6.54 Å². The van der Waals surface area contributed by atoms with Crippen LogP contribution in [-0.4, -0.2) is 19.9 Å². The van der Waals surface area contributed by atoms with Crippen molar-refractivity contribution in [3.05, 3.63) is 48.2 Å². The van der Waals surface area contributed by atoms with Gasteiger partial charge in [0.1, 0.15) is 5.82 Å². The van der Waals surface area contributed by atoms with Gasteiger partial charge in [-0.3, -0.25) is 4.72 Å². The zero-order chi connectivity index (χ0) is 18.5. The number of pyridine rings is 1. The summed E-state index contributed by atoms with van der Waals surface area (Å²) in [6, 6.07) is 10.4. The number of anilines is 2. The van der Waals surface area contributed by atoms with E-state index in [4.69, 9.17) is 0 Å². The predicted molar refractivity (Wildman–Crippen MR) is 104 cm³/mol. The van der Waals surface area contributed by atoms with Crippen LogP contribution in [0.25, 0.3) is 0 Å². The molecule has 0 fully saturated rings. The van der Waals surface area contributed by atoms with Crippen LogP contribution in [-0.2, 0) is 15.4 Å². The molecule has 2 rings (SSSR count). The standard InChI is InChI=1S/C19H27N3O2S/c1-5-6-13-20-16-9-12-18(21-14-16)22-25(23,24)17-10-7-15(8-11-17)19(2,3)4/h7-12,14,20H,5-6,13H2,1-4H3,(H,21,22). The van der Waals surface area contributed by atoms with Crippen molar-refractivity contribution in [1.82, 2.24) is 4.98 Å². The minimum absolute atomic E-state index is 0.0160. The third-order valence-electron chi connectivity index (χ3n) is 3.89. The summed E-state index contributed by atoms with van der Waals surface area (Å²) in [5, 5.41) is 3.25. The van der Waals surface area contributed by atoms with Gasteiger partial charge in [0.05, 0.1) is 16.8 Å². The van der Waals surface area contributed by atoms with Crippen molar-refractivity contribution in [2.45, 2.75) is 50.8 Å². The van der Waals surface area contributed by atoms with E-state index in [2.05, 4.69) is 42.7 Å². The lowest BCUT2D eigenvalue weighted by molar-refractivity contribution is 0.587. The van der Waals surface area contributed by atoms with Crippen LogP contribution in [0.5, 0.6) is 0 Å². The van der Waals surface area contributed by atoms with Gasteiger partial charge in [-0.2, -0.15) is 0 Å². The Kier molecular flexibility index (Phi) is 6.06. The molecule has 0 amide bonds. The van der Waals surface area contributed by atoms with Gasteiger partial charge < -0.3 is 5.32 Å². The number of unbranched alkanes of at least 4 members (excludes halogenated alkanes) is 1. The normalized spacial score (nSPS) is 12.0. The lowest BCUT2D eigenvalue weighted by atomic mass is 9.87. The molecule has 2 N–H and O–H groups in total. The van der Waals surface area contributed by atoms with E-state index in [0.717, 1.165) is 30.6 Å². The highest BCUT2D eigenvalue weighted by molar-refractivity contribution is 7.92. The summed E-state index contributed by atoms with van der Waals surface area (Å²) in [7, 11) is -3.64. The molecule has 0 radical (unpaired) electrons. The van der Waals surface area contributed by atoms with Crippen molar-refractivity contribution < 1.29 is 8.42 Å². The molecule has 0 saturated heterocycles. The first-order valence-electron chi connectivity index (χ1n) is 8.55. The molecule has 0 aliphatic heterocycles. The van der Waals surface area contributed by atoms with Gasteiger partial charge in [-0.1, -0.05) is 46.2 Å². The Morgan fingerprint density at radius 2 is 1.72 bits per heavy atom. The second kappa shape index (κ2) is 7.87. The molecule has 0 saturated carbocycles. The molecule has 2 aromatic rings. The SMILES string of the molecule is CCCCNc1ccc(NS(=O)(=O)c2ccc(C(C)(C)C)cc2)nc1. The van der Waals surface area contributed by atoms with Gasteiger partial charge in [0.2, 0.25) is 0 Å². The number of nitrogens with zero attached hydrogens (tertiary/aromatic N) is 1. The van der Waals surface area contributed by atoms with E-state index in [1.165, 1.54) is 0 Å². The van der Waals surface area contributed by atoms with E-state index in [-0.39, 0.29) is 10.3 Å². The molecule has 1 aromatic carbocycles. The molecule has 0 unspecified atom stereocenters. The Hall–Kier alpha value is -2.08. The average molecular weight is 362 g/mol. The van der Waals surface area contributed by atoms with Crippen molar-refractivity contribution in [1.29, 1.82) is 0 Å². The number of benzene rings is 1. The number of nitrogens with one attached hydrogen (secondary N) is 2. The number of rotatable bonds is 7. The highest BCUT2D eigenvalue weighted by atomic mass is 32.2. The van der Waals surface area contributed by atoms with Gasteiger partial charge in [0.15, 0.2) is 0 Å². The molecule has 1 aromatic heterocycles. The van der Waals surface area contributed by atoms with Crippen molar-refractivity contribution in [3.63, 3.8) is 0 Å². The summed E-state index contributed by atoms with van der Waals surface area (Å²) < 4.78 is 27.5. The summed E-state index contributed by atoms with van der Waals surface area (Å²) in [6.07, 6.45) is 3.83. The first-order valence-corrected chi connectivity index (χ1v) is 10.0. The molecule has 136 valence electrons. The van der Waals surface area contributed by atoms with Crippen molar-refractivity contribution in [3.8, 4) is 0 Å². The van der Waals surface area contributed by atoms with E-state index in [0.29, 0.717) is 5.82 Å². The molecule has 0 atom stereocenters. The molecular formula is C19H27N3O2S. The minimum atomic E-state index is -3.64. The summed E-state index contributed by atoms with van der Waals surface area (Å²) in [5.74, 6) is 0.306. The molecule has 0 bridgehead atoms. The van der Waals surface area contributed by atoms with Crippen LogP contribution >= 0.6 is 0 Å². The zero-order valence-electron chi connectivity index (χ0n) is 15.3. The average Bonchev–Trinajstić information content (AvgIpc) is 2.56. The molecule has 5 nitrogen and oxygen atoms in total. The second-order valence-electron chi connectivity index (χ2n) is 7.09. The van der Waals surface area contributed by atoms with E-state index < -0.39 is 10.0 Å². The summed E-state index contributed by atoms with van der Waals surface area (Å²) in [4.78, 5) is 4.40. The van der Waals surface area contributed by atoms with Gasteiger partial charge >= 0.3 is 0 Å². The Morgan fingerprint density at radius 1 is 1.04 bits per heavy atom. The van der Waals surface area contributed by atoms with Gasteiger partial charge in [-0.25, -0.2) is 13.4 Å². The summed E-state index contributed by atoms with van der Waals surface area (Å²) >= 11 is 0. The van der Waals surface area contributed by atoms with Crippen molar-refractivity contribution >= 4 is 21.5 Å². The summed E-state index contributed by atoms with van der Waals surface area (Å²) in [6.45, 7) is 9.29. The Morgan fingerprint density at radius 3 is 2.24 bits per heavy atom. The molecule has 25 heavy (non-hydrogen) atoms. The van der Waals surface area contributed by atoms with Crippen LogP contribution in [0.4, 0.5) is 11.5 Å². The molecule has 1 heterocycles. The third-order valence-corrected chi connectivity index (χ3v) is 5.26. The number of hydrogen-bond acceptors (Lipinski definition) is 4. The Bertz CT molecular complexity index is 777. The number of hydrogen-bond donors (Lipinski definition) is 2. The monoisotopic (exact) mass is 361 g/mol. The lowest BCUT2D eigenvalue weighted by Crippen LogP contribution is -2.15. The summed E-state index contributed by atoms with van der Waals surface area (Å²) in [5.41, 5.74) is 1.95. The van der Waals surface area contributed by atoms with E-state index >= 15 is 0 Å². The maximum absolute atomic E-state index is 12.5. The van der Waals surface area contributed by atoms with Gasteiger partial charge in [0.25, 0.3) is 10.0 Å². The molecule has 0 aliphatic carbocycles. The smallest absolute Gasteiger partial charge is 0.263 e. The van der Waals surface area contributed by atoms with Gasteiger partial charge in [-0.15, -0.1) is 0 Å². The topological polar surface area (TPSA) is 71.1 Å². The van der Waals surface area contributed by atoms with Crippen LogP contribution in [0.3, 0.4) is 0 Å². The fourth-order valence-electron chi connectivity index (χ4n) is 2.30. The van der Waals surface area contributed by atoms with E-state index in [1.54, 1.807) is 24.4 Å². The fraction of sp³-hybridized carbons (Fsp3) is 0.421. The van der Waals surface area contributed by atoms with Crippen LogP contribution in [0, 0.1) is 0 Å². The van der Waals surface area contributed by atoms with E-state index in [9.17, 15) is 8.42 Å². The zero-order valence-corrected chi connectivity index (χ0v) is 16.2. The Balaban J connectivity index is 2.08. The first-order chi connectivity index (χ1) is 11.7. The van der Waals surface area contributed by atoms with E-state index in [1.807, 2.05) is 18.2 Å². The number of sulfonamides is 1. The highest BCUT2D eigenvalue weighted by Crippen LogP contribution is 2.24. The molecule has 0 aliphatic rings. The Labute approximate surface area is 150 Å². The van der Waals surface area contributed by atoms with Crippen LogP contribution < -0.4 is 10.0 Å². The minimum Gasteiger partial charge on any atom is -0.384 e. The van der Waals surface area contributed by atoms with Crippen LogP contribution in [0.15, 0.2) is 47.5 Å². The third kappa shape index (κ3) is 5.46. The number of aromatic nitrogens is 1. The van der Waals surface area contributed by atoms with Crippen molar-refractivity contribution in [2.24, 2.45) is 0 Å².